The lowest BCUT2D eigenvalue weighted by molar-refractivity contribution is -0.116. The Hall–Kier alpha value is -2.22. The second-order valence-electron chi connectivity index (χ2n) is 4.81. The summed E-state index contributed by atoms with van der Waals surface area (Å²) in [5, 5.41) is 2.85. The molecule has 0 bridgehead atoms. The molecule has 22 heavy (non-hydrogen) atoms. The van der Waals surface area contributed by atoms with Gasteiger partial charge in [0.05, 0.1) is 5.56 Å². The number of hydrogen-bond donors (Lipinski definition) is 2. The van der Waals surface area contributed by atoms with Crippen LogP contribution in [0.25, 0.3) is 0 Å². The van der Waals surface area contributed by atoms with Gasteiger partial charge in [-0.15, -0.1) is 0 Å². The number of thioether (sulfide) groups is 1. The number of nitrogens with one attached hydrogen (secondary N) is 2. The minimum Gasteiger partial charge on any atom is -0.310 e. The number of hydrogen-bond acceptors (Lipinski definition) is 4. The molecule has 0 aliphatic carbocycles. The first-order valence-corrected chi connectivity index (χ1v) is 7.65. The van der Waals surface area contributed by atoms with Crippen LogP contribution in [0.4, 0.5) is 14.6 Å². The zero-order chi connectivity index (χ0) is 15.9. The summed E-state index contributed by atoms with van der Waals surface area (Å²) in [5.74, 6) is -2.47. The van der Waals surface area contributed by atoms with Crippen molar-refractivity contribution in [2.24, 2.45) is 0 Å². The third-order valence-electron chi connectivity index (χ3n) is 3.46. The van der Waals surface area contributed by atoms with Crippen LogP contribution in [0.2, 0.25) is 0 Å². The number of amides is 1. The third kappa shape index (κ3) is 2.50. The van der Waals surface area contributed by atoms with Gasteiger partial charge < -0.3 is 10.3 Å². The smallest absolute Gasteiger partial charge is 0.257 e. The molecule has 8 heteroatoms. The van der Waals surface area contributed by atoms with Crippen LogP contribution in [0.1, 0.15) is 23.5 Å². The van der Waals surface area contributed by atoms with Gasteiger partial charge in [-0.05, 0) is 30.0 Å². The topological polar surface area (TPSA) is 74.8 Å². The van der Waals surface area contributed by atoms with Crippen LogP contribution in [-0.2, 0) is 4.79 Å². The molecule has 0 unspecified atom stereocenters. The van der Waals surface area contributed by atoms with Crippen LogP contribution in [-0.4, -0.2) is 22.1 Å². The lowest BCUT2D eigenvalue weighted by atomic mass is 9.86. The van der Waals surface area contributed by atoms with Gasteiger partial charge in [0.15, 0.2) is 5.16 Å². The molecular formula is C14H11F2N3O2S. The van der Waals surface area contributed by atoms with Crippen molar-refractivity contribution < 1.29 is 13.6 Å². The second kappa shape index (κ2) is 5.53. The van der Waals surface area contributed by atoms with E-state index in [0.717, 1.165) is 18.2 Å². The second-order valence-corrected chi connectivity index (χ2v) is 5.60. The largest absolute Gasteiger partial charge is 0.310 e. The van der Waals surface area contributed by atoms with E-state index in [2.05, 4.69) is 15.3 Å². The Kier molecular flexibility index (Phi) is 3.69. The molecule has 2 aromatic rings. The van der Waals surface area contributed by atoms with E-state index in [-0.39, 0.29) is 23.4 Å². The summed E-state index contributed by atoms with van der Waals surface area (Å²) < 4.78 is 27.4. The molecule has 2 N–H and O–H groups in total. The first-order chi connectivity index (χ1) is 10.5. The molecule has 0 saturated carbocycles. The van der Waals surface area contributed by atoms with Crippen molar-refractivity contribution in [2.45, 2.75) is 17.5 Å². The van der Waals surface area contributed by atoms with Gasteiger partial charge in [-0.2, -0.15) is 0 Å². The number of rotatable bonds is 2. The first-order valence-electron chi connectivity index (χ1n) is 6.42. The molecule has 1 aromatic carbocycles. The molecule has 0 spiro atoms. The van der Waals surface area contributed by atoms with E-state index < -0.39 is 29.0 Å². The van der Waals surface area contributed by atoms with Gasteiger partial charge in [-0.25, -0.2) is 13.8 Å². The molecule has 0 radical (unpaired) electrons. The van der Waals surface area contributed by atoms with E-state index in [9.17, 15) is 18.4 Å². The SMILES string of the molecule is CSc1nc2c(c(=O)[nH]1)[C@@H](c1cc(F)ccc1F)CC(=O)N2. The summed E-state index contributed by atoms with van der Waals surface area (Å²) in [5.41, 5.74) is -0.356. The molecule has 0 saturated heterocycles. The number of H-pyrrole nitrogens is 1. The number of carbonyl (C=O) groups is 1. The van der Waals surface area contributed by atoms with Crippen molar-refractivity contribution in [1.82, 2.24) is 9.97 Å². The lowest BCUT2D eigenvalue weighted by Gasteiger charge is -2.24. The normalized spacial score (nSPS) is 17.0. The van der Waals surface area contributed by atoms with Crippen LogP contribution >= 0.6 is 11.8 Å². The Labute approximate surface area is 128 Å². The minimum atomic E-state index is -0.869. The monoisotopic (exact) mass is 323 g/mol. The van der Waals surface area contributed by atoms with Crippen LogP contribution < -0.4 is 10.9 Å². The summed E-state index contributed by atoms with van der Waals surface area (Å²) in [7, 11) is 0. The van der Waals surface area contributed by atoms with Crippen LogP contribution in [0.5, 0.6) is 0 Å². The van der Waals surface area contributed by atoms with Crippen molar-refractivity contribution in [1.29, 1.82) is 0 Å². The van der Waals surface area contributed by atoms with Crippen LogP contribution in [0.3, 0.4) is 0 Å². The van der Waals surface area contributed by atoms with Crippen molar-refractivity contribution in [3.63, 3.8) is 0 Å². The maximum absolute atomic E-state index is 14.0. The molecule has 1 aliphatic heterocycles. The molecule has 1 atom stereocenters. The van der Waals surface area contributed by atoms with E-state index in [4.69, 9.17) is 0 Å². The maximum Gasteiger partial charge on any atom is 0.257 e. The van der Waals surface area contributed by atoms with Crippen LogP contribution in [0, 0.1) is 11.6 Å². The number of carbonyl (C=O) groups excluding carboxylic acids is 1. The fourth-order valence-electron chi connectivity index (χ4n) is 2.49. The van der Waals surface area contributed by atoms with E-state index in [1.54, 1.807) is 6.26 Å². The quantitative estimate of drug-likeness (QED) is 0.656. The molecular weight excluding hydrogens is 312 g/mol. The standard InChI is InChI=1S/C14H11F2N3O2S/c1-22-14-18-12-11(13(21)19-14)8(5-10(20)17-12)7-4-6(15)2-3-9(7)16/h2-4,8H,5H2,1H3,(H2,17,18,19,20,21)/t8-/m1/s1. The van der Waals surface area contributed by atoms with Gasteiger partial charge in [0.25, 0.3) is 5.56 Å². The summed E-state index contributed by atoms with van der Waals surface area (Å²) in [6.07, 6.45) is 1.58. The molecule has 1 aromatic heterocycles. The fraction of sp³-hybridized carbons (Fsp3) is 0.214. The Morgan fingerprint density at radius 2 is 2.09 bits per heavy atom. The first kappa shape index (κ1) is 14.7. The molecule has 0 fully saturated rings. The Morgan fingerprint density at radius 3 is 2.82 bits per heavy atom. The maximum atomic E-state index is 14.0. The van der Waals surface area contributed by atoms with Gasteiger partial charge in [0, 0.05) is 12.3 Å². The highest BCUT2D eigenvalue weighted by molar-refractivity contribution is 7.98. The number of benzene rings is 1. The average Bonchev–Trinajstić information content (AvgIpc) is 2.48. The average molecular weight is 323 g/mol. The lowest BCUT2D eigenvalue weighted by Crippen LogP contribution is -2.31. The predicted molar refractivity (Wildman–Crippen MR) is 78.1 cm³/mol. The van der Waals surface area contributed by atoms with Crippen molar-refractivity contribution in [3.05, 3.63) is 51.3 Å². The van der Waals surface area contributed by atoms with Crippen molar-refractivity contribution >= 4 is 23.5 Å². The van der Waals surface area contributed by atoms with Gasteiger partial charge in [-0.3, -0.25) is 9.59 Å². The molecule has 2 heterocycles. The van der Waals surface area contributed by atoms with Crippen molar-refractivity contribution in [2.75, 3.05) is 11.6 Å². The summed E-state index contributed by atoms with van der Waals surface area (Å²) in [6, 6.07) is 2.97. The minimum absolute atomic E-state index is 0.0275. The third-order valence-corrected chi connectivity index (χ3v) is 4.04. The number of aromatic nitrogens is 2. The summed E-state index contributed by atoms with van der Waals surface area (Å²) in [4.78, 5) is 30.8. The highest BCUT2D eigenvalue weighted by Crippen LogP contribution is 2.35. The molecule has 5 nitrogen and oxygen atoms in total. The number of nitrogens with zero attached hydrogens (tertiary/aromatic N) is 1. The van der Waals surface area contributed by atoms with Crippen LogP contribution in [0.15, 0.2) is 28.2 Å². The molecule has 1 amide bonds. The number of fused-ring (bicyclic) bond motifs is 1. The van der Waals surface area contributed by atoms with E-state index >= 15 is 0 Å². The Morgan fingerprint density at radius 1 is 1.32 bits per heavy atom. The van der Waals surface area contributed by atoms with Gasteiger partial charge in [0.1, 0.15) is 17.5 Å². The highest BCUT2D eigenvalue weighted by atomic mass is 32.2. The van der Waals surface area contributed by atoms with E-state index in [1.165, 1.54) is 11.8 Å². The number of halogens is 2. The summed E-state index contributed by atoms with van der Waals surface area (Å²) in [6.45, 7) is 0. The van der Waals surface area contributed by atoms with Gasteiger partial charge in [0.2, 0.25) is 5.91 Å². The van der Waals surface area contributed by atoms with Gasteiger partial charge >= 0.3 is 0 Å². The molecule has 1 aliphatic rings. The van der Waals surface area contributed by atoms with E-state index in [0.29, 0.717) is 5.16 Å². The number of aromatic amines is 1. The Bertz CT molecular complexity index is 822. The summed E-state index contributed by atoms with van der Waals surface area (Å²) >= 11 is 1.21. The zero-order valence-electron chi connectivity index (χ0n) is 11.4. The van der Waals surface area contributed by atoms with E-state index in [1.807, 2.05) is 0 Å². The zero-order valence-corrected chi connectivity index (χ0v) is 12.3. The van der Waals surface area contributed by atoms with Crippen molar-refractivity contribution in [3.8, 4) is 0 Å². The number of anilines is 1. The van der Waals surface area contributed by atoms with Gasteiger partial charge in [-0.1, -0.05) is 11.8 Å². The molecule has 3 rings (SSSR count). The highest BCUT2D eigenvalue weighted by Gasteiger charge is 2.32. The molecule has 114 valence electrons. The predicted octanol–water partition coefficient (Wildman–Crippen LogP) is 2.24. The Balaban J connectivity index is 2.22. The fourth-order valence-corrected chi connectivity index (χ4v) is 2.87.